The molecule has 2 saturated heterocycles. The maximum Gasteiger partial charge on any atom is 0.325 e. The summed E-state index contributed by atoms with van der Waals surface area (Å²) in [5.41, 5.74) is 0.487. The molecule has 1 atom stereocenters. The van der Waals surface area contributed by atoms with E-state index in [2.05, 4.69) is 22.3 Å². The second-order valence-electron chi connectivity index (χ2n) is 7.34. The largest absolute Gasteiger partial charge is 0.497 e. The molecular formula is C19H27N3O3. The Bertz CT molecular complexity index is 659. The van der Waals surface area contributed by atoms with Crippen LogP contribution >= 0.6 is 0 Å². The van der Waals surface area contributed by atoms with Crippen molar-refractivity contribution >= 4 is 11.9 Å². The fourth-order valence-corrected chi connectivity index (χ4v) is 3.77. The number of nitrogens with zero attached hydrogens (tertiary/aromatic N) is 2. The van der Waals surface area contributed by atoms with E-state index >= 15 is 0 Å². The molecule has 1 aromatic carbocycles. The van der Waals surface area contributed by atoms with Gasteiger partial charge in [0.25, 0.3) is 5.91 Å². The minimum absolute atomic E-state index is 0.136. The van der Waals surface area contributed by atoms with Gasteiger partial charge in [-0.05, 0) is 57.4 Å². The van der Waals surface area contributed by atoms with Crippen molar-refractivity contribution in [2.24, 2.45) is 0 Å². The lowest BCUT2D eigenvalue weighted by atomic mass is 10.0. The Kier molecular flexibility index (Phi) is 4.99. The van der Waals surface area contributed by atoms with Gasteiger partial charge in [-0.15, -0.1) is 0 Å². The number of rotatable bonds is 6. The number of urea groups is 1. The van der Waals surface area contributed by atoms with Gasteiger partial charge in [-0.3, -0.25) is 14.6 Å². The minimum atomic E-state index is -0.784. The number of amides is 3. The highest BCUT2D eigenvalue weighted by molar-refractivity contribution is 6.06. The number of nitrogens with one attached hydrogen (secondary N) is 1. The summed E-state index contributed by atoms with van der Waals surface area (Å²) in [5, 5.41) is 2.73. The van der Waals surface area contributed by atoms with Crippen LogP contribution in [0.3, 0.4) is 0 Å². The summed E-state index contributed by atoms with van der Waals surface area (Å²) >= 11 is 0. The van der Waals surface area contributed by atoms with Crippen LogP contribution < -0.4 is 10.1 Å². The summed E-state index contributed by atoms with van der Waals surface area (Å²) in [7, 11) is 1.69. The van der Waals surface area contributed by atoms with Gasteiger partial charge in [-0.25, -0.2) is 4.79 Å². The van der Waals surface area contributed by atoms with Crippen LogP contribution in [0.5, 0.6) is 5.75 Å². The van der Waals surface area contributed by atoms with E-state index in [4.69, 9.17) is 4.74 Å². The fourth-order valence-electron chi connectivity index (χ4n) is 3.77. The fraction of sp³-hybridized carbons (Fsp3) is 0.579. The second-order valence-corrected chi connectivity index (χ2v) is 7.34. The van der Waals surface area contributed by atoms with Crippen LogP contribution in [-0.2, 0) is 4.79 Å². The number of hydrogen-bond donors (Lipinski definition) is 1. The minimum Gasteiger partial charge on any atom is -0.497 e. The number of benzene rings is 1. The SMILES string of the molecule is COc1cccc(C2CCCN2CCCN2C(=O)NC(C)(C)C2=O)c1. The Morgan fingerprint density at radius 3 is 2.76 bits per heavy atom. The molecule has 3 amide bonds. The third-order valence-electron chi connectivity index (χ3n) is 5.11. The van der Waals surface area contributed by atoms with Crippen molar-refractivity contribution in [3.05, 3.63) is 29.8 Å². The quantitative estimate of drug-likeness (QED) is 0.805. The number of imide groups is 1. The first-order chi connectivity index (χ1) is 11.9. The van der Waals surface area contributed by atoms with E-state index in [1.165, 1.54) is 10.5 Å². The van der Waals surface area contributed by atoms with Gasteiger partial charge in [0.15, 0.2) is 0 Å². The molecule has 2 heterocycles. The van der Waals surface area contributed by atoms with Crippen LogP contribution in [-0.4, -0.2) is 54.0 Å². The van der Waals surface area contributed by atoms with Crippen LogP contribution in [0, 0.1) is 0 Å². The number of carbonyl (C=O) groups excluding carboxylic acids is 2. The molecule has 0 radical (unpaired) electrons. The van der Waals surface area contributed by atoms with Crippen molar-refractivity contribution < 1.29 is 14.3 Å². The molecular weight excluding hydrogens is 318 g/mol. The van der Waals surface area contributed by atoms with Crippen molar-refractivity contribution in [3.63, 3.8) is 0 Å². The molecule has 3 rings (SSSR count). The first-order valence-electron chi connectivity index (χ1n) is 8.94. The maximum atomic E-state index is 12.2. The van der Waals surface area contributed by atoms with Gasteiger partial charge in [0.1, 0.15) is 11.3 Å². The highest BCUT2D eigenvalue weighted by Crippen LogP contribution is 2.33. The molecule has 1 N–H and O–H groups in total. The van der Waals surface area contributed by atoms with Crippen molar-refractivity contribution in [1.29, 1.82) is 0 Å². The highest BCUT2D eigenvalue weighted by Gasteiger charge is 2.43. The average molecular weight is 345 g/mol. The average Bonchev–Trinajstić information content (AvgIpc) is 3.12. The van der Waals surface area contributed by atoms with Crippen molar-refractivity contribution in [2.45, 2.75) is 44.7 Å². The van der Waals surface area contributed by atoms with E-state index in [1.807, 2.05) is 12.1 Å². The summed E-state index contributed by atoms with van der Waals surface area (Å²) in [5.74, 6) is 0.745. The summed E-state index contributed by atoms with van der Waals surface area (Å²) in [6, 6.07) is 8.34. The lowest BCUT2D eigenvalue weighted by molar-refractivity contribution is -0.130. The molecule has 1 aromatic rings. The summed E-state index contributed by atoms with van der Waals surface area (Å²) in [4.78, 5) is 28.0. The Morgan fingerprint density at radius 1 is 1.28 bits per heavy atom. The highest BCUT2D eigenvalue weighted by atomic mass is 16.5. The van der Waals surface area contributed by atoms with Gasteiger partial charge < -0.3 is 10.1 Å². The molecule has 6 heteroatoms. The molecule has 6 nitrogen and oxygen atoms in total. The number of ether oxygens (including phenoxy) is 1. The predicted molar refractivity (Wildman–Crippen MR) is 95.5 cm³/mol. The van der Waals surface area contributed by atoms with Gasteiger partial charge >= 0.3 is 6.03 Å². The van der Waals surface area contributed by atoms with Crippen LogP contribution in [0.2, 0.25) is 0 Å². The van der Waals surface area contributed by atoms with E-state index in [0.717, 1.165) is 38.1 Å². The Balaban J connectivity index is 1.57. The normalized spacial score (nSPS) is 23.2. The van der Waals surface area contributed by atoms with Gasteiger partial charge in [-0.1, -0.05) is 12.1 Å². The second kappa shape index (κ2) is 7.04. The summed E-state index contributed by atoms with van der Waals surface area (Å²) < 4.78 is 5.33. The van der Waals surface area contributed by atoms with E-state index in [1.54, 1.807) is 21.0 Å². The zero-order valence-corrected chi connectivity index (χ0v) is 15.2. The lowest BCUT2D eigenvalue weighted by Gasteiger charge is -2.26. The molecule has 2 aliphatic rings. The molecule has 2 fully saturated rings. The molecule has 25 heavy (non-hydrogen) atoms. The lowest BCUT2D eigenvalue weighted by Crippen LogP contribution is -2.40. The topological polar surface area (TPSA) is 61.9 Å². The number of methoxy groups -OCH3 is 1. The van der Waals surface area contributed by atoms with Crippen LogP contribution in [0.4, 0.5) is 4.79 Å². The maximum absolute atomic E-state index is 12.2. The predicted octanol–water partition coefficient (Wildman–Crippen LogP) is 2.55. The van der Waals surface area contributed by atoms with Crippen molar-refractivity contribution in [2.75, 3.05) is 26.7 Å². The molecule has 0 bridgehead atoms. The number of hydrogen-bond acceptors (Lipinski definition) is 4. The number of carbonyl (C=O) groups is 2. The summed E-state index contributed by atoms with van der Waals surface area (Å²) in [6.07, 6.45) is 3.08. The Hall–Kier alpha value is -2.08. The van der Waals surface area contributed by atoms with Crippen molar-refractivity contribution in [1.82, 2.24) is 15.1 Å². The molecule has 0 saturated carbocycles. The first kappa shape index (κ1) is 17.7. The van der Waals surface area contributed by atoms with Gasteiger partial charge in [0.05, 0.1) is 7.11 Å². The van der Waals surface area contributed by atoms with E-state index < -0.39 is 5.54 Å². The Labute approximate surface area is 149 Å². The smallest absolute Gasteiger partial charge is 0.325 e. The third-order valence-corrected chi connectivity index (χ3v) is 5.11. The molecule has 0 aromatic heterocycles. The van der Waals surface area contributed by atoms with Crippen molar-refractivity contribution in [3.8, 4) is 5.75 Å². The summed E-state index contributed by atoms with van der Waals surface area (Å²) in [6.45, 7) is 5.88. The molecule has 1 unspecified atom stereocenters. The number of likely N-dealkylation sites (tertiary alicyclic amines) is 1. The standard InChI is InChI=1S/C19H27N3O3/c1-19(2)17(23)22(18(24)20-19)12-6-11-21-10-5-9-16(21)14-7-4-8-15(13-14)25-3/h4,7-8,13,16H,5-6,9-12H2,1-3H3,(H,20,24). The third kappa shape index (κ3) is 3.63. The Morgan fingerprint density at radius 2 is 2.08 bits per heavy atom. The van der Waals surface area contributed by atoms with E-state index in [9.17, 15) is 9.59 Å². The van der Waals surface area contributed by atoms with Gasteiger partial charge in [-0.2, -0.15) is 0 Å². The van der Waals surface area contributed by atoms with E-state index in [-0.39, 0.29) is 11.9 Å². The monoisotopic (exact) mass is 345 g/mol. The molecule has 0 aliphatic carbocycles. The first-order valence-corrected chi connectivity index (χ1v) is 8.94. The van der Waals surface area contributed by atoms with Crippen LogP contribution in [0.25, 0.3) is 0 Å². The molecule has 2 aliphatic heterocycles. The van der Waals surface area contributed by atoms with Crippen LogP contribution in [0.1, 0.15) is 44.7 Å². The van der Waals surface area contributed by atoms with Crippen LogP contribution in [0.15, 0.2) is 24.3 Å². The molecule has 136 valence electrons. The van der Waals surface area contributed by atoms with Gasteiger partial charge in [0.2, 0.25) is 0 Å². The van der Waals surface area contributed by atoms with E-state index in [0.29, 0.717) is 12.6 Å². The molecule has 0 spiro atoms. The zero-order valence-electron chi connectivity index (χ0n) is 15.2. The zero-order chi connectivity index (χ0) is 18.0. The van der Waals surface area contributed by atoms with Gasteiger partial charge in [0, 0.05) is 19.1 Å².